The minimum absolute atomic E-state index is 0.00692. The van der Waals surface area contributed by atoms with E-state index < -0.39 is 29.6 Å². The molecule has 43 heavy (non-hydrogen) atoms. The Labute approximate surface area is 256 Å². The predicted molar refractivity (Wildman–Crippen MR) is 162 cm³/mol. The summed E-state index contributed by atoms with van der Waals surface area (Å²) in [6.45, 7) is 10.9. The Hall–Kier alpha value is -3.12. The smallest absolute Gasteiger partial charge is 0.415 e. The number of unbranched alkanes of at least 4 members (excludes halogenated alkanes) is 1. The number of nitrogens with zero attached hydrogens (tertiary/aromatic N) is 5. The second-order valence-corrected chi connectivity index (χ2v) is 13.2. The third kappa shape index (κ3) is 6.00. The van der Waals surface area contributed by atoms with E-state index in [4.69, 9.17) is 31.5 Å². The van der Waals surface area contributed by atoms with Crippen molar-refractivity contribution in [2.75, 3.05) is 37.4 Å². The Balaban J connectivity index is 1.60. The Morgan fingerprint density at radius 3 is 2.72 bits per heavy atom. The fourth-order valence-corrected chi connectivity index (χ4v) is 6.66. The minimum Gasteiger partial charge on any atom is -0.471 e. The van der Waals surface area contributed by atoms with Crippen LogP contribution in [0.3, 0.4) is 0 Å². The van der Waals surface area contributed by atoms with Crippen LogP contribution in [0.1, 0.15) is 66.7 Å². The highest BCUT2D eigenvalue weighted by Crippen LogP contribution is 2.50. The van der Waals surface area contributed by atoms with Crippen molar-refractivity contribution in [1.82, 2.24) is 19.8 Å². The monoisotopic (exact) mass is 620 g/mol. The van der Waals surface area contributed by atoms with Crippen LogP contribution < -0.4 is 15.4 Å². The van der Waals surface area contributed by atoms with E-state index in [1.54, 1.807) is 25.7 Å². The van der Waals surface area contributed by atoms with Gasteiger partial charge < -0.3 is 24.8 Å². The lowest BCUT2D eigenvalue weighted by atomic mass is 9.78. The number of nitrogen functional groups attached to an aromatic ring is 1. The molecule has 2 N–H and O–H groups in total. The van der Waals surface area contributed by atoms with Crippen molar-refractivity contribution in [1.29, 1.82) is 0 Å². The quantitative estimate of drug-likeness (QED) is 0.296. The Morgan fingerprint density at radius 2 is 2.07 bits per heavy atom. The van der Waals surface area contributed by atoms with E-state index in [-0.39, 0.29) is 57.4 Å². The number of rotatable bonds is 8. The van der Waals surface area contributed by atoms with Crippen molar-refractivity contribution in [2.24, 2.45) is 5.92 Å². The van der Waals surface area contributed by atoms with Crippen LogP contribution >= 0.6 is 11.6 Å². The van der Waals surface area contributed by atoms with Gasteiger partial charge in [-0.3, -0.25) is 9.80 Å². The van der Waals surface area contributed by atoms with Gasteiger partial charge in [-0.25, -0.2) is 23.9 Å². The number of aromatic nitrogens is 2. The first-order valence-electron chi connectivity index (χ1n) is 15.1. The normalized spacial score (nSPS) is 24.1. The number of hydrogen-bond donors (Lipinski definition) is 1. The van der Waals surface area contributed by atoms with Crippen LogP contribution in [0, 0.1) is 11.7 Å². The molecule has 3 aliphatic heterocycles. The van der Waals surface area contributed by atoms with Crippen LogP contribution in [-0.2, 0) is 9.47 Å². The van der Waals surface area contributed by atoms with Crippen LogP contribution in [0.25, 0.3) is 10.9 Å². The van der Waals surface area contributed by atoms with Gasteiger partial charge in [-0.2, -0.15) is 0 Å². The van der Waals surface area contributed by atoms with Crippen LogP contribution in [0.4, 0.5) is 25.4 Å². The largest absolute Gasteiger partial charge is 0.471 e. The van der Waals surface area contributed by atoms with Crippen molar-refractivity contribution in [3.05, 3.63) is 17.2 Å². The van der Waals surface area contributed by atoms with E-state index in [1.165, 1.54) is 11.1 Å². The van der Waals surface area contributed by atoms with E-state index in [0.29, 0.717) is 19.6 Å². The molecule has 2 amide bonds. The molecule has 1 aliphatic carbocycles. The fraction of sp³-hybridized carbons (Fsp3) is 0.667. The average Bonchev–Trinajstić information content (AvgIpc) is 3.65. The minimum atomic E-state index is -0.849. The zero-order chi connectivity index (χ0) is 31.2. The summed E-state index contributed by atoms with van der Waals surface area (Å²) in [7, 11) is 2.03. The van der Waals surface area contributed by atoms with Gasteiger partial charge in [0.05, 0.1) is 24.4 Å². The summed E-state index contributed by atoms with van der Waals surface area (Å²) in [6.07, 6.45) is 4.24. The molecule has 2 bridgehead atoms. The first-order chi connectivity index (χ1) is 20.3. The molecule has 3 unspecified atom stereocenters. The molecule has 2 aromatic heterocycles. The first-order valence-corrected chi connectivity index (χ1v) is 15.5. The number of anilines is 2. The lowest BCUT2D eigenvalue weighted by molar-refractivity contribution is 0.0509. The molecule has 6 rings (SSSR count). The number of carbonyl (C=O) groups is 2. The van der Waals surface area contributed by atoms with Gasteiger partial charge in [-0.1, -0.05) is 24.9 Å². The number of pyridine rings is 2. The molecule has 3 saturated heterocycles. The van der Waals surface area contributed by atoms with E-state index in [0.717, 1.165) is 32.2 Å². The lowest BCUT2D eigenvalue weighted by Gasteiger charge is -2.44. The summed E-state index contributed by atoms with van der Waals surface area (Å²) < 4.78 is 33.2. The van der Waals surface area contributed by atoms with E-state index in [2.05, 4.69) is 14.9 Å². The summed E-state index contributed by atoms with van der Waals surface area (Å²) >= 11 is 6.09. The molecular weight excluding hydrogens is 579 g/mol. The second-order valence-electron chi connectivity index (χ2n) is 12.8. The Morgan fingerprint density at radius 1 is 1.33 bits per heavy atom. The van der Waals surface area contributed by atoms with Gasteiger partial charge >= 0.3 is 12.2 Å². The fourth-order valence-electron chi connectivity index (χ4n) is 6.52. The molecular formula is C30H42ClFN6O5. The van der Waals surface area contributed by atoms with Crippen LogP contribution in [-0.4, -0.2) is 88.5 Å². The molecule has 1 saturated carbocycles. The van der Waals surface area contributed by atoms with Crippen molar-refractivity contribution in [3.8, 4) is 5.88 Å². The summed E-state index contributed by atoms with van der Waals surface area (Å²) in [5.74, 6) is -0.926. The molecule has 2 aromatic rings. The maximum absolute atomic E-state index is 15.5. The van der Waals surface area contributed by atoms with Crippen LogP contribution in [0.5, 0.6) is 5.88 Å². The molecule has 0 aromatic carbocycles. The summed E-state index contributed by atoms with van der Waals surface area (Å²) in [5.41, 5.74) is 6.04. The summed E-state index contributed by atoms with van der Waals surface area (Å²) in [6, 6.07) is -0.718. The number of likely N-dealkylation sites (tertiary alicyclic amines) is 1. The highest BCUT2D eigenvalue weighted by atomic mass is 35.5. The van der Waals surface area contributed by atoms with Gasteiger partial charge in [-0.15, -0.1) is 0 Å². The number of halogens is 2. The number of fused-ring (bicyclic) bond motifs is 2. The molecule has 0 spiro atoms. The Bertz CT molecular complexity index is 1390. The SMILES string of the molecule is CCCCOC(=O)N1CC2CC1C2N(C(=O)OC(C)(C)C)c1c(N)c(O[C@@H](C)[C@@H]2CCCN2C)nc2c(F)c(Cl)ncc12. The van der Waals surface area contributed by atoms with Crippen LogP contribution in [0.2, 0.25) is 5.15 Å². The van der Waals surface area contributed by atoms with E-state index in [9.17, 15) is 9.59 Å². The zero-order valence-corrected chi connectivity index (χ0v) is 26.5. The lowest BCUT2D eigenvalue weighted by Crippen LogP contribution is -2.58. The topological polar surface area (TPSA) is 123 Å². The number of likely N-dealkylation sites (N-methyl/N-ethyl adjacent to an activating group) is 1. The van der Waals surface area contributed by atoms with Gasteiger partial charge in [-0.05, 0) is 67.0 Å². The third-order valence-corrected chi connectivity index (χ3v) is 8.93. The molecule has 0 radical (unpaired) electrons. The number of carbonyl (C=O) groups excluding carboxylic acids is 2. The zero-order valence-electron chi connectivity index (χ0n) is 25.7. The number of hydrogen-bond acceptors (Lipinski definition) is 9. The number of nitrogens with two attached hydrogens (primary N) is 1. The highest BCUT2D eigenvalue weighted by Gasteiger charge is 2.59. The standard InChI is InChI=1S/C30H42ClFN6O5/c1-7-8-12-41-28(39)37-15-17-13-20(37)24(17)38(29(40)43-30(3,4)5)25-18-14-34-26(31)21(32)23(18)35-27(22(25)33)42-16(2)19-10-9-11-36(19)6/h14,16-17,19-20,24H,7-13,15,33H2,1-6H3/t16-,17?,19-,20?,24?/m0/s1. The van der Waals surface area contributed by atoms with Crippen molar-refractivity contribution in [2.45, 2.75) is 96.6 Å². The maximum Gasteiger partial charge on any atom is 0.415 e. The first kappa shape index (κ1) is 31.3. The van der Waals surface area contributed by atoms with Gasteiger partial charge in [0.15, 0.2) is 11.0 Å². The molecule has 5 atom stereocenters. The second kappa shape index (κ2) is 12.1. The Kier molecular flexibility index (Phi) is 8.82. The highest BCUT2D eigenvalue weighted by molar-refractivity contribution is 6.30. The van der Waals surface area contributed by atoms with Crippen molar-refractivity contribution >= 4 is 46.1 Å². The average molecular weight is 621 g/mol. The number of ether oxygens (including phenoxy) is 3. The van der Waals surface area contributed by atoms with E-state index >= 15 is 4.39 Å². The molecule has 4 fully saturated rings. The van der Waals surface area contributed by atoms with Gasteiger partial charge in [0.2, 0.25) is 5.88 Å². The molecule has 4 aliphatic rings. The van der Waals surface area contributed by atoms with E-state index in [1.807, 2.05) is 20.9 Å². The summed E-state index contributed by atoms with van der Waals surface area (Å²) in [4.78, 5) is 40.8. The predicted octanol–water partition coefficient (Wildman–Crippen LogP) is 5.62. The molecule has 5 heterocycles. The van der Waals surface area contributed by atoms with Gasteiger partial charge in [0.1, 0.15) is 22.9 Å². The number of amides is 2. The molecule has 11 nitrogen and oxygen atoms in total. The van der Waals surface area contributed by atoms with Crippen molar-refractivity contribution in [3.63, 3.8) is 0 Å². The van der Waals surface area contributed by atoms with Crippen molar-refractivity contribution < 1.29 is 28.2 Å². The maximum atomic E-state index is 15.5. The van der Waals surface area contributed by atoms with Gasteiger partial charge in [0, 0.05) is 30.1 Å². The third-order valence-electron chi connectivity index (χ3n) is 8.66. The van der Waals surface area contributed by atoms with Crippen LogP contribution in [0.15, 0.2) is 6.20 Å². The van der Waals surface area contributed by atoms with Gasteiger partial charge in [0.25, 0.3) is 0 Å². The molecule has 236 valence electrons. The summed E-state index contributed by atoms with van der Waals surface area (Å²) in [5, 5.41) is -0.176. The molecule has 13 heteroatoms.